The smallest absolute Gasteiger partial charge is 0.0470 e. The fraction of sp³-hybridized carbons (Fsp3) is 1.00. The van der Waals surface area contributed by atoms with Crippen LogP contribution in [0.3, 0.4) is 0 Å². The fourth-order valence-electron chi connectivity index (χ4n) is 0.203. The van der Waals surface area contributed by atoms with E-state index in [1.54, 1.807) is 7.11 Å². The van der Waals surface area contributed by atoms with Crippen molar-refractivity contribution in [3.8, 4) is 0 Å². The SMILES string of the molecule is COCCC[S]. The van der Waals surface area contributed by atoms with E-state index >= 15 is 0 Å². The van der Waals surface area contributed by atoms with E-state index in [2.05, 4.69) is 12.6 Å². The van der Waals surface area contributed by atoms with Gasteiger partial charge in [0.1, 0.15) is 0 Å². The van der Waals surface area contributed by atoms with Crippen LogP contribution in [0, 0.1) is 0 Å². The maximum absolute atomic E-state index is 4.72. The minimum Gasteiger partial charge on any atom is -0.385 e. The average Bonchev–Trinajstić information content (AvgIpc) is 1.61. The Morgan fingerprint density at radius 2 is 2.33 bits per heavy atom. The second-order valence-electron chi connectivity index (χ2n) is 1.05. The van der Waals surface area contributed by atoms with Crippen LogP contribution < -0.4 is 0 Å². The van der Waals surface area contributed by atoms with E-state index in [1.165, 1.54) is 0 Å². The summed E-state index contributed by atoms with van der Waals surface area (Å²) in [7, 11) is 1.69. The van der Waals surface area contributed by atoms with Crippen LogP contribution >= 0.6 is 12.6 Å². The number of rotatable bonds is 3. The van der Waals surface area contributed by atoms with E-state index in [4.69, 9.17) is 4.74 Å². The van der Waals surface area contributed by atoms with Crippen LogP contribution in [-0.2, 0) is 4.74 Å². The normalized spacial score (nSPS) is 9.00. The van der Waals surface area contributed by atoms with Crippen molar-refractivity contribution in [1.29, 1.82) is 0 Å². The Hall–Kier alpha value is 0.310. The maximum Gasteiger partial charge on any atom is 0.0470 e. The Bertz CT molecular complexity index is 19.5. The van der Waals surface area contributed by atoms with Crippen LogP contribution in [0.1, 0.15) is 6.42 Å². The second-order valence-corrected chi connectivity index (χ2v) is 1.46. The third-order valence-electron chi connectivity index (χ3n) is 0.493. The Labute approximate surface area is 44.1 Å². The van der Waals surface area contributed by atoms with E-state index in [1.807, 2.05) is 0 Å². The molecule has 1 radical (unpaired) electrons. The number of hydrogen-bond acceptors (Lipinski definition) is 1. The maximum atomic E-state index is 4.72. The van der Waals surface area contributed by atoms with Crippen molar-refractivity contribution >= 4 is 12.6 Å². The van der Waals surface area contributed by atoms with Crippen molar-refractivity contribution in [3.05, 3.63) is 0 Å². The van der Waals surface area contributed by atoms with Crippen molar-refractivity contribution < 1.29 is 4.74 Å². The molecule has 0 rings (SSSR count). The van der Waals surface area contributed by atoms with Gasteiger partial charge in [0.15, 0.2) is 0 Å². The molecule has 0 heterocycles. The van der Waals surface area contributed by atoms with Gasteiger partial charge in [-0.3, -0.25) is 0 Å². The Morgan fingerprint density at radius 1 is 1.67 bits per heavy atom. The highest BCUT2D eigenvalue weighted by atomic mass is 32.1. The molecule has 0 atom stereocenters. The molecule has 0 aromatic rings. The summed E-state index contributed by atoms with van der Waals surface area (Å²) in [5.74, 6) is 0.813. The summed E-state index contributed by atoms with van der Waals surface area (Å²) in [5, 5.41) is 0. The van der Waals surface area contributed by atoms with Gasteiger partial charge in [0.05, 0.1) is 0 Å². The largest absolute Gasteiger partial charge is 0.385 e. The number of hydrogen-bond donors (Lipinski definition) is 0. The van der Waals surface area contributed by atoms with Gasteiger partial charge in [-0.25, -0.2) is 0 Å². The molecule has 0 saturated heterocycles. The van der Waals surface area contributed by atoms with E-state index in [-0.39, 0.29) is 0 Å². The molecule has 37 valence electrons. The van der Waals surface area contributed by atoms with Crippen molar-refractivity contribution in [1.82, 2.24) is 0 Å². The molecule has 6 heavy (non-hydrogen) atoms. The molecule has 0 fully saturated rings. The van der Waals surface area contributed by atoms with Crippen molar-refractivity contribution in [2.24, 2.45) is 0 Å². The third kappa shape index (κ3) is 4.31. The highest BCUT2D eigenvalue weighted by Gasteiger charge is 1.75. The lowest BCUT2D eigenvalue weighted by molar-refractivity contribution is 0.200. The monoisotopic (exact) mass is 105 g/mol. The molecular formula is C4H9OS. The first-order chi connectivity index (χ1) is 2.91. The lowest BCUT2D eigenvalue weighted by atomic mass is 10.5. The van der Waals surface area contributed by atoms with Gasteiger partial charge in [0.25, 0.3) is 0 Å². The highest BCUT2D eigenvalue weighted by Crippen LogP contribution is 1.81. The minimum atomic E-state index is 0.809. The van der Waals surface area contributed by atoms with Gasteiger partial charge in [-0.2, -0.15) is 0 Å². The molecule has 0 bridgehead atoms. The first kappa shape index (κ1) is 6.31. The van der Waals surface area contributed by atoms with Crippen LogP contribution in [0.15, 0.2) is 0 Å². The Kier molecular flexibility index (Phi) is 5.58. The fourth-order valence-corrected chi connectivity index (χ4v) is 0.321. The van der Waals surface area contributed by atoms with Gasteiger partial charge in [-0.05, 0) is 6.42 Å². The molecule has 0 saturated carbocycles. The molecule has 0 amide bonds. The molecule has 0 aromatic heterocycles. The van der Waals surface area contributed by atoms with Crippen LogP contribution in [0.5, 0.6) is 0 Å². The van der Waals surface area contributed by atoms with E-state index in [0.29, 0.717) is 0 Å². The molecule has 0 aromatic carbocycles. The van der Waals surface area contributed by atoms with Crippen LogP contribution in [0.2, 0.25) is 0 Å². The molecular weight excluding hydrogens is 96.1 g/mol. The first-order valence-electron chi connectivity index (χ1n) is 1.99. The van der Waals surface area contributed by atoms with Crippen LogP contribution in [0.4, 0.5) is 0 Å². The summed E-state index contributed by atoms with van der Waals surface area (Å²) < 4.78 is 4.72. The molecule has 0 unspecified atom stereocenters. The summed E-state index contributed by atoms with van der Waals surface area (Å²) in [5.41, 5.74) is 0. The highest BCUT2D eigenvalue weighted by molar-refractivity contribution is 7.80. The molecule has 0 N–H and O–H groups in total. The molecule has 0 aliphatic heterocycles. The van der Waals surface area contributed by atoms with Gasteiger partial charge >= 0.3 is 0 Å². The molecule has 0 aliphatic carbocycles. The summed E-state index contributed by atoms with van der Waals surface area (Å²) >= 11 is 4.64. The third-order valence-corrected chi connectivity index (χ3v) is 0.781. The van der Waals surface area contributed by atoms with Crippen molar-refractivity contribution in [2.45, 2.75) is 6.42 Å². The number of ether oxygens (including phenoxy) is 1. The predicted molar refractivity (Wildman–Crippen MR) is 29.0 cm³/mol. The van der Waals surface area contributed by atoms with Crippen molar-refractivity contribution in [2.75, 3.05) is 19.5 Å². The predicted octanol–water partition coefficient (Wildman–Crippen LogP) is 1.22. The average molecular weight is 105 g/mol. The minimum absolute atomic E-state index is 0.809. The zero-order chi connectivity index (χ0) is 4.83. The lowest BCUT2D eigenvalue weighted by Crippen LogP contribution is -1.86. The zero-order valence-corrected chi connectivity index (χ0v) is 4.75. The van der Waals surface area contributed by atoms with Gasteiger partial charge in [-0.1, -0.05) is 12.6 Å². The Balaban J connectivity index is 2.34. The summed E-state index contributed by atoms with van der Waals surface area (Å²) in [6.45, 7) is 0.809. The first-order valence-corrected chi connectivity index (χ1v) is 2.56. The van der Waals surface area contributed by atoms with E-state index in [9.17, 15) is 0 Å². The zero-order valence-electron chi connectivity index (χ0n) is 3.94. The van der Waals surface area contributed by atoms with Crippen LogP contribution in [0.25, 0.3) is 0 Å². The van der Waals surface area contributed by atoms with Crippen molar-refractivity contribution in [3.63, 3.8) is 0 Å². The molecule has 0 aliphatic rings. The van der Waals surface area contributed by atoms with E-state index in [0.717, 1.165) is 18.8 Å². The molecule has 1 nitrogen and oxygen atoms in total. The van der Waals surface area contributed by atoms with Crippen LogP contribution in [-0.4, -0.2) is 19.5 Å². The summed E-state index contributed by atoms with van der Waals surface area (Å²) in [6, 6.07) is 0. The Morgan fingerprint density at radius 3 is 2.50 bits per heavy atom. The second kappa shape index (κ2) is 5.31. The topological polar surface area (TPSA) is 9.23 Å². The van der Waals surface area contributed by atoms with Gasteiger partial charge in [0, 0.05) is 19.5 Å². The molecule has 0 spiro atoms. The lowest BCUT2D eigenvalue weighted by Gasteiger charge is -1.88. The molecule has 2 heteroatoms. The van der Waals surface area contributed by atoms with Gasteiger partial charge in [0.2, 0.25) is 0 Å². The number of methoxy groups -OCH3 is 1. The standard InChI is InChI=1S/C4H9OS/c1-5-3-2-4-6/h2-4H2,1H3. The summed E-state index contributed by atoms with van der Waals surface area (Å²) in [4.78, 5) is 0. The quantitative estimate of drug-likeness (QED) is 0.490. The van der Waals surface area contributed by atoms with Gasteiger partial charge in [-0.15, -0.1) is 0 Å². The van der Waals surface area contributed by atoms with E-state index < -0.39 is 0 Å². The summed E-state index contributed by atoms with van der Waals surface area (Å²) in [6.07, 6.45) is 1.01. The van der Waals surface area contributed by atoms with Gasteiger partial charge < -0.3 is 4.74 Å².